The van der Waals surface area contributed by atoms with E-state index in [1.165, 1.54) is 11.1 Å². The maximum absolute atomic E-state index is 12.7. The van der Waals surface area contributed by atoms with E-state index in [1.807, 2.05) is 6.92 Å². The van der Waals surface area contributed by atoms with Gasteiger partial charge in [0.05, 0.1) is 12.2 Å². The summed E-state index contributed by atoms with van der Waals surface area (Å²) in [7, 11) is 0. The summed E-state index contributed by atoms with van der Waals surface area (Å²) in [5.74, 6) is 0.608. The van der Waals surface area contributed by atoms with Crippen LogP contribution in [0.5, 0.6) is 0 Å². The second-order valence-corrected chi connectivity index (χ2v) is 6.09. The molecular weight excluding hydrogens is 302 g/mol. The molecular formula is C18H19N5O. The third kappa shape index (κ3) is 2.65. The standard InChI is InChI=1S/C18H19N5O/c1-13(22-11-8-14-4-2-3-5-15(14)12-22)18(24)21-17-6-9-19-16-7-10-20-23(16)17/h2-7,9-10,13H,8,11-12H2,1H3,(H,21,24)/t13-/m1/s1. The highest BCUT2D eigenvalue weighted by Crippen LogP contribution is 2.21. The molecule has 1 aliphatic rings. The molecule has 2 aromatic heterocycles. The molecule has 0 saturated heterocycles. The summed E-state index contributed by atoms with van der Waals surface area (Å²) in [5.41, 5.74) is 3.41. The Kier molecular flexibility index (Phi) is 3.74. The number of rotatable bonds is 3. The van der Waals surface area contributed by atoms with Crippen LogP contribution in [0.1, 0.15) is 18.1 Å². The molecule has 6 nitrogen and oxygen atoms in total. The van der Waals surface area contributed by atoms with Gasteiger partial charge in [-0.2, -0.15) is 9.61 Å². The molecule has 3 aromatic rings. The summed E-state index contributed by atoms with van der Waals surface area (Å²) in [6.45, 7) is 3.64. The second kappa shape index (κ2) is 6.05. The first-order valence-corrected chi connectivity index (χ1v) is 8.13. The van der Waals surface area contributed by atoms with Crippen molar-refractivity contribution in [3.8, 4) is 0 Å². The fraction of sp³-hybridized carbons (Fsp3) is 0.278. The number of anilines is 1. The molecule has 24 heavy (non-hydrogen) atoms. The molecule has 0 bridgehead atoms. The van der Waals surface area contributed by atoms with Crippen LogP contribution in [0.3, 0.4) is 0 Å². The average molecular weight is 321 g/mol. The van der Waals surface area contributed by atoms with Gasteiger partial charge in [0, 0.05) is 25.4 Å². The number of carbonyl (C=O) groups is 1. The van der Waals surface area contributed by atoms with Crippen molar-refractivity contribution in [1.29, 1.82) is 0 Å². The van der Waals surface area contributed by atoms with Crippen molar-refractivity contribution in [1.82, 2.24) is 19.5 Å². The zero-order valence-electron chi connectivity index (χ0n) is 13.5. The smallest absolute Gasteiger partial charge is 0.242 e. The first-order valence-electron chi connectivity index (χ1n) is 8.13. The lowest BCUT2D eigenvalue weighted by Crippen LogP contribution is -2.44. The van der Waals surface area contributed by atoms with Crippen LogP contribution in [0.15, 0.2) is 48.8 Å². The van der Waals surface area contributed by atoms with Crippen LogP contribution in [0, 0.1) is 0 Å². The number of nitrogens with zero attached hydrogens (tertiary/aromatic N) is 4. The van der Waals surface area contributed by atoms with E-state index >= 15 is 0 Å². The van der Waals surface area contributed by atoms with E-state index in [4.69, 9.17) is 0 Å². The normalized spacial score (nSPS) is 15.9. The fourth-order valence-electron chi connectivity index (χ4n) is 3.17. The number of fused-ring (bicyclic) bond motifs is 2. The van der Waals surface area contributed by atoms with E-state index in [2.05, 4.69) is 44.6 Å². The van der Waals surface area contributed by atoms with Crippen LogP contribution >= 0.6 is 0 Å². The fourth-order valence-corrected chi connectivity index (χ4v) is 3.17. The van der Waals surface area contributed by atoms with Crippen LogP contribution in [-0.2, 0) is 17.8 Å². The van der Waals surface area contributed by atoms with E-state index in [-0.39, 0.29) is 11.9 Å². The molecule has 4 rings (SSSR count). The topological polar surface area (TPSA) is 62.5 Å². The van der Waals surface area contributed by atoms with Gasteiger partial charge in [-0.1, -0.05) is 24.3 Å². The van der Waals surface area contributed by atoms with Crippen LogP contribution in [0.2, 0.25) is 0 Å². The molecule has 0 radical (unpaired) electrons. The van der Waals surface area contributed by atoms with Gasteiger partial charge < -0.3 is 5.32 Å². The van der Waals surface area contributed by atoms with Crippen molar-refractivity contribution in [2.45, 2.75) is 25.9 Å². The SMILES string of the molecule is C[C@H](C(=O)Nc1ccnc2ccnn12)N1CCc2ccccc2C1. The van der Waals surface area contributed by atoms with Crippen molar-refractivity contribution in [3.63, 3.8) is 0 Å². The number of amides is 1. The van der Waals surface area contributed by atoms with Crippen LogP contribution in [-0.4, -0.2) is 38.0 Å². The highest BCUT2D eigenvalue weighted by Gasteiger charge is 2.25. The van der Waals surface area contributed by atoms with Crippen LogP contribution in [0.4, 0.5) is 5.82 Å². The Balaban J connectivity index is 1.50. The zero-order chi connectivity index (χ0) is 16.5. The largest absolute Gasteiger partial charge is 0.309 e. The molecule has 1 N–H and O–H groups in total. The Hall–Kier alpha value is -2.73. The summed E-state index contributed by atoms with van der Waals surface area (Å²) in [5, 5.41) is 7.17. The van der Waals surface area contributed by atoms with Crippen molar-refractivity contribution in [3.05, 3.63) is 59.9 Å². The average Bonchev–Trinajstić information content (AvgIpc) is 3.10. The van der Waals surface area contributed by atoms with Gasteiger partial charge in [-0.15, -0.1) is 0 Å². The first kappa shape index (κ1) is 14.8. The Morgan fingerprint density at radius 1 is 1.17 bits per heavy atom. The summed E-state index contributed by atoms with van der Waals surface area (Å²) < 4.78 is 1.64. The van der Waals surface area contributed by atoms with Crippen molar-refractivity contribution < 1.29 is 4.79 Å². The Labute approximate surface area is 140 Å². The molecule has 1 aromatic carbocycles. The predicted molar refractivity (Wildman–Crippen MR) is 91.6 cm³/mol. The lowest BCUT2D eigenvalue weighted by Gasteiger charge is -2.32. The van der Waals surface area contributed by atoms with Gasteiger partial charge in [-0.05, 0) is 30.5 Å². The molecule has 0 unspecified atom stereocenters. The first-order chi connectivity index (χ1) is 11.7. The monoisotopic (exact) mass is 321 g/mol. The minimum absolute atomic E-state index is 0.0302. The van der Waals surface area contributed by atoms with Crippen LogP contribution in [0.25, 0.3) is 5.65 Å². The molecule has 122 valence electrons. The van der Waals surface area contributed by atoms with E-state index in [0.717, 1.165) is 19.5 Å². The Morgan fingerprint density at radius 3 is 2.88 bits per heavy atom. The highest BCUT2D eigenvalue weighted by atomic mass is 16.2. The maximum Gasteiger partial charge on any atom is 0.242 e. The Morgan fingerprint density at radius 2 is 2.00 bits per heavy atom. The number of hydrogen-bond donors (Lipinski definition) is 1. The summed E-state index contributed by atoms with van der Waals surface area (Å²) in [6, 6.07) is 11.8. The van der Waals surface area contributed by atoms with E-state index in [9.17, 15) is 4.79 Å². The minimum Gasteiger partial charge on any atom is -0.309 e. The number of nitrogens with one attached hydrogen (secondary N) is 1. The molecule has 3 heterocycles. The molecule has 1 atom stereocenters. The molecule has 0 aliphatic carbocycles. The number of benzene rings is 1. The predicted octanol–water partition coefficient (Wildman–Crippen LogP) is 2.11. The number of hydrogen-bond acceptors (Lipinski definition) is 4. The zero-order valence-corrected chi connectivity index (χ0v) is 13.5. The number of carbonyl (C=O) groups excluding carboxylic acids is 1. The van der Waals surface area contributed by atoms with Crippen molar-refractivity contribution in [2.24, 2.45) is 0 Å². The molecule has 0 saturated carbocycles. The minimum atomic E-state index is -0.211. The van der Waals surface area contributed by atoms with Gasteiger partial charge in [-0.25, -0.2) is 4.98 Å². The van der Waals surface area contributed by atoms with Crippen molar-refractivity contribution >= 4 is 17.4 Å². The second-order valence-electron chi connectivity index (χ2n) is 6.09. The summed E-state index contributed by atoms with van der Waals surface area (Å²) >= 11 is 0. The van der Waals surface area contributed by atoms with Gasteiger partial charge in [0.25, 0.3) is 0 Å². The third-order valence-electron chi connectivity index (χ3n) is 4.63. The number of aromatic nitrogens is 3. The third-order valence-corrected chi connectivity index (χ3v) is 4.63. The van der Waals surface area contributed by atoms with Gasteiger partial charge >= 0.3 is 0 Å². The van der Waals surface area contributed by atoms with Gasteiger partial charge in [0.15, 0.2) is 5.65 Å². The van der Waals surface area contributed by atoms with E-state index < -0.39 is 0 Å². The Bertz CT molecular complexity index is 888. The molecule has 1 aliphatic heterocycles. The summed E-state index contributed by atoms with van der Waals surface area (Å²) in [6.07, 6.45) is 4.32. The highest BCUT2D eigenvalue weighted by molar-refractivity contribution is 5.94. The molecule has 0 fully saturated rings. The van der Waals surface area contributed by atoms with E-state index in [0.29, 0.717) is 11.5 Å². The lowest BCUT2D eigenvalue weighted by molar-refractivity contribution is -0.121. The van der Waals surface area contributed by atoms with Crippen LogP contribution < -0.4 is 5.32 Å². The maximum atomic E-state index is 12.7. The van der Waals surface area contributed by atoms with Gasteiger partial charge in [0.2, 0.25) is 5.91 Å². The molecule has 1 amide bonds. The summed E-state index contributed by atoms with van der Waals surface area (Å²) in [4.78, 5) is 19.1. The molecule has 0 spiro atoms. The quantitative estimate of drug-likeness (QED) is 0.802. The van der Waals surface area contributed by atoms with E-state index in [1.54, 1.807) is 29.0 Å². The van der Waals surface area contributed by atoms with Crippen molar-refractivity contribution in [2.75, 3.05) is 11.9 Å². The van der Waals surface area contributed by atoms with Gasteiger partial charge in [-0.3, -0.25) is 9.69 Å². The lowest BCUT2D eigenvalue weighted by atomic mass is 9.99. The van der Waals surface area contributed by atoms with Gasteiger partial charge in [0.1, 0.15) is 5.82 Å². The molecule has 6 heteroatoms.